The van der Waals surface area contributed by atoms with Gasteiger partial charge in [0.2, 0.25) is 5.75 Å². The van der Waals surface area contributed by atoms with Gasteiger partial charge in [-0.2, -0.15) is 0 Å². The largest absolute Gasteiger partial charge is 0.573 e. The number of nitrogens with zero attached hydrogens (tertiary/aromatic N) is 1. The molecule has 2 rings (SSSR count). The van der Waals surface area contributed by atoms with Crippen molar-refractivity contribution in [3.63, 3.8) is 0 Å². The molecule has 0 atom stereocenters. The average Bonchev–Trinajstić information content (AvgIpc) is 2.52. The second kappa shape index (κ2) is 7.15. The molecule has 12 heteroatoms. The molecule has 0 fully saturated rings. The Morgan fingerprint density at radius 3 is 2.50 bits per heavy atom. The van der Waals surface area contributed by atoms with Crippen LogP contribution in [0, 0.1) is 15.9 Å². The quantitative estimate of drug-likeness (QED) is 0.322. The van der Waals surface area contributed by atoms with Crippen LogP contribution in [-0.2, 0) is 0 Å². The van der Waals surface area contributed by atoms with Gasteiger partial charge in [-0.05, 0) is 40.2 Å². The number of ether oxygens (including phenoxy) is 1. The molecule has 0 aliphatic heterocycles. The van der Waals surface area contributed by atoms with Crippen molar-refractivity contribution in [2.24, 2.45) is 0 Å². The molecule has 0 aliphatic rings. The van der Waals surface area contributed by atoms with Crippen molar-refractivity contribution in [1.29, 1.82) is 0 Å². The van der Waals surface area contributed by atoms with Gasteiger partial charge in [-0.25, -0.2) is 4.39 Å². The van der Waals surface area contributed by atoms with Crippen LogP contribution in [0.2, 0.25) is 0 Å². The highest BCUT2D eigenvalue weighted by atomic mass is 79.9. The van der Waals surface area contributed by atoms with Crippen LogP contribution in [-0.4, -0.2) is 17.2 Å². The lowest BCUT2D eigenvalue weighted by atomic mass is 10.1. The molecule has 26 heavy (non-hydrogen) atoms. The summed E-state index contributed by atoms with van der Waals surface area (Å²) in [5.74, 6) is -2.83. The van der Waals surface area contributed by atoms with Gasteiger partial charge in [0.25, 0.3) is 5.91 Å². The van der Waals surface area contributed by atoms with E-state index >= 15 is 0 Å². The third-order valence-electron chi connectivity index (χ3n) is 3.02. The highest BCUT2D eigenvalue weighted by Crippen LogP contribution is 2.34. The average molecular weight is 438 g/mol. The number of nitro groups is 1. The normalized spacial score (nSPS) is 11.1. The fourth-order valence-corrected chi connectivity index (χ4v) is 2.26. The monoisotopic (exact) mass is 437 g/mol. The molecule has 1 amide bonds. The van der Waals surface area contributed by atoms with Crippen LogP contribution in [0.15, 0.2) is 34.8 Å². The lowest BCUT2D eigenvalue weighted by Crippen LogP contribution is -2.18. The van der Waals surface area contributed by atoms with Crippen molar-refractivity contribution < 1.29 is 32.0 Å². The Bertz CT molecular complexity index is 889. The van der Waals surface area contributed by atoms with Gasteiger partial charge in [0.05, 0.1) is 20.6 Å². The summed E-state index contributed by atoms with van der Waals surface area (Å²) in [5.41, 5.74) is 3.53. The maximum Gasteiger partial charge on any atom is 0.573 e. The number of amides is 1. The Morgan fingerprint density at radius 1 is 1.27 bits per heavy atom. The Balaban J connectivity index is 2.33. The van der Waals surface area contributed by atoms with Crippen molar-refractivity contribution in [2.75, 3.05) is 11.1 Å². The third kappa shape index (κ3) is 4.39. The number of nitrogen functional groups attached to an aromatic ring is 1. The molecule has 0 aliphatic carbocycles. The van der Waals surface area contributed by atoms with E-state index in [-0.39, 0.29) is 15.7 Å². The van der Waals surface area contributed by atoms with E-state index in [1.807, 2.05) is 0 Å². The Kier molecular flexibility index (Phi) is 5.35. The number of alkyl halides is 3. The van der Waals surface area contributed by atoms with E-state index in [0.29, 0.717) is 12.1 Å². The van der Waals surface area contributed by atoms with E-state index in [0.717, 1.165) is 6.07 Å². The van der Waals surface area contributed by atoms with Crippen LogP contribution in [0.25, 0.3) is 0 Å². The molecule has 0 heterocycles. The van der Waals surface area contributed by atoms with Crippen molar-refractivity contribution in [3.05, 3.63) is 56.3 Å². The highest BCUT2D eigenvalue weighted by molar-refractivity contribution is 9.10. The molecule has 0 saturated heterocycles. The van der Waals surface area contributed by atoms with E-state index < -0.39 is 40.1 Å². The SMILES string of the molecule is Nc1c(C(=O)Nc2ccc(OC(F)(F)F)c([N+](=O)[O-])c2)ccc(Br)c1F. The summed E-state index contributed by atoms with van der Waals surface area (Å²) >= 11 is 2.89. The number of rotatable bonds is 4. The molecular weight excluding hydrogens is 430 g/mol. The van der Waals surface area contributed by atoms with Gasteiger partial charge < -0.3 is 15.8 Å². The minimum absolute atomic E-state index is 0.0239. The minimum atomic E-state index is -5.13. The van der Waals surface area contributed by atoms with E-state index in [1.54, 1.807) is 0 Å². The van der Waals surface area contributed by atoms with Crippen molar-refractivity contribution in [3.8, 4) is 5.75 Å². The molecule has 3 N–H and O–H groups in total. The van der Waals surface area contributed by atoms with E-state index in [2.05, 4.69) is 26.0 Å². The minimum Gasteiger partial charge on any atom is -0.398 e. The lowest BCUT2D eigenvalue weighted by Gasteiger charge is -2.11. The first kappa shape index (κ1) is 19.4. The van der Waals surface area contributed by atoms with Crippen LogP contribution in [0.3, 0.4) is 0 Å². The molecule has 7 nitrogen and oxygen atoms in total. The van der Waals surface area contributed by atoms with E-state index in [9.17, 15) is 32.5 Å². The first-order valence-electron chi connectivity index (χ1n) is 6.58. The Hall–Kier alpha value is -2.89. The Labute approximate surface area is 151 Å². The fourth-order valence-electron chi connectivity index (χ4n) is 1.91. The van der Waals surface area contributed by atoms with Gasteiger partial charge in [-0.3, -0.25) is 14.9 Å². The van der Waals surface area contributed by atoms with Gasteiger partial charge in [0.15, 0.2) is 5.82 Å². The van der Waals surface area contributed by atoms with E-state index in [1.165, 1.54) is 12.1 Å². The van der Waals surface area contributed by atoms with Crippen molar-refractivity contribution in [2.45, 2.75) is 6.36 Å². The summed E-state index contributed by atoms with van der Waals surface area (Å²) in [4.78, 5) is 22.0. The van der Waals surface area contributed by atoms with Gasteiger partial charge in [-0.15, -0.1) is 13.2 Å². The maximum absolute atomic E-state index is 13.7. The third-order valence-corrected chi connectivity index (χ3v) is 3.63. The van der Waals surface area contributed by atoms with Crippen LogP contribution in [0.1, 0.15) is 10.4 Å². The molecule has 0 radical (unpaired) electrons. The van der Waals surface area contributed by atoms with Crippen LogP contribution in [0.5, 0.6) is 5.75 Å². The summed E-state index contributed by atoms with van der Waals surface area (Å²) in [6.45, 7) is 0. The van der Waals surface area contributed by atoms with Crippen LogP contribution >= 0.6 is 15.9 Å². The number of hydrogen-bond donors (Lipinski definition) is 2. The number of carbonyl (C=O) groups is 1. The summed E-state index contributed by atoms with van der Waals surface area (Å²) in [6.07, 6.45) is -5.13. The summed E-state index contributed by atoms with van der Waals surface area (Å²) in [6, 6.07) is 4.73. The number of nitrogens with one attached hydrogen (secondary N) is 1. The van der Waals surface area contributed by atoms with Crippen LogP contribution < -0.4 is 15.8 Å². The molecule has 0 unspecified atom stereocenters. The topological polar surface area (TPSA) is 107 Å². The summed E-state index contributed by atoms with van der Waals surface area (Å²) in [7, 11) is 0. The first-order valence-corrected chi connectivity index (χ1v) is 7.38. The number of nitrogens with two attached hydrogens (primary N) is 1. The first-order chi connectivity index (χ1) is 12.0. The zero-order valence-corrected chi connectivity index (χ0v) is 14.0. The number of nitro benzene ring substituents is 1. The number of hydrogen-bond acceptors (Lipinski definition) is 5. The van der Waals surface area contributed by atoms with Gasteiger partial charge >= 0.3 is 12.0 Å². The van der Waals surface area contributed by atoms with Gasteiger partial charge in [-0.1, -0.05) is 0 Å². The number of carbonyl (C=O) groups excluding carboxylic acids is 1. The molecular formula is C14H8BrF4N3O4. The number of halogens is 5. The number of benzene rings is 2. The molecule has 2 aromatic rings. The zero-order valence-electron chi connectivity index (χ0n) is 12.4. The molecule has 0 spiro atoms. The Morgan fingerprint density at radius 2 is 1.92 bits per heavy atom. The molecule has 2 aromatic carbocycles. The standard InChI is InChI=1S/C14H8BrF4N3O4/c15-8-3-2-7(12(20)11(8)16)13(23)21-6-1-4-10(26-14(17,18)19)9(5-6)22(24)25/h1-5H,20H2,(H,21,23). The molecule has 0 saturated carbocycles. The molecule has 0 aromatic heterocycles. The smallest absolute Gasteiger partial charge is 0.398 e. The predicted molar refractivity (Wildman–Crippen MR) is 86.2 cm³/mol. The second-order valence-corrected chi connectivity index (χ2v) is 5.62. The fraction of sp³-hybridized carbons (Fsp3) is 0.0714. The van der Waals surface area contributed by atoms with Crippen LogP contribution in [0.4, 0.5) is 34.6 Å². The lowest BCUT2D eigenvalue weighted by molar-refractivity contribution is -0.388. The zero-order chi connectivity index (χ0) is 19.6. The predicted octanol–water partition coefficient (Wildman–Crippen LogP) is 4.23. The van der Waals surface area contributed by atoms with E-state index in [4.69, 9.17) is 5.73 Å². The highest BCUT2D eigenvalue weighted by Gasteiger charge is 2.34. The van der Waals surface area contributed by atoms with Gasteiger partial charge in [0, 0.05) is 11.8 Å². The second-order valence-electron chi connectivity index (χ2n) is 4.76. The number of anilines is 2. The van der Waals surface area contributed by atoms with Gasteiger partial charge in [0.1, 0.15) is 0 Å². The molecule has 0 bridgehead atoms. The summed E-state index contributed by atoms with van der Waals surface area (Å²) in [5, 5.41) is 13.1. The molecule has 138 valence electrons. The summed E-state index contributed by atoms with van der Waals surface area (Å²) < 4.78 is 54.1. The maximum atomic E-state index is 13.7. The van der Waals surface area contributed by atoms with Crippen molar-refractivity contribution in [1.82, 2.24) is 0 Å². The van der Waals surface area contributed by atoms with Crippen molar-refractivity contribution >= 4 is 38.9 Å².